The number of carbonyl (C=O) groups is 1. The average molecular weight is 332 g/mol. The molecule has 2 heterocycles. The van der Waals surface area contributed by atoms with Gasteiger partial charge in [-0.1, -0.05) is 5.16 Å². The molecule has 1 amide bonds. The van der Waals surface area contributed by atoms with E-state index in [4.69, 9.17) is 4.52 Å². The van der Waals surface area contributed by atoms with Gasteiger partial charge in [0, 0.05) is 44.9 Å². The van der Waals surface area contributed by atoms with Crippen LogP contribution in [0.15, 0.2) is 4.52 Å². The van der Waals surface area contributed by atoms with Crippen LogP contribution in [0.2, 0.25) is 0 Å². The van der Waals surface area contributed by atoms with Crippen molar-refractivity contribution in [1.82, 2.24) is 19.9 Å². The van der Waals surface area contributed by atoms with Crippen LogP contribution in [0.1, 0.15) is 63.1 Å². The Morgan fingerprint density at radius 3 is 2.83 bits per heavy atom. The zero-order valence-electron chi connectivity index (χ0n) is 14.6. The van der Waals surface area contributed by atoms with Gasteiger partial charge in [0.05, 0.1) is 0 Å². The normalized spacial score (nSPS) is 25.0. The van der Waals surface area contributed by atoms with Gasteiger partial charge in [0.25, 0.3) is 0 Å². The second-order valence-corrected chi connectivity index (χ2v) is 7.78. The van der Waals surface area contributed by atoms with Crippen molar-refractivity contribution in [3.8, 4) is 0 Å². The fourth-order valence-corrected chi connectivity index (χ4v) is 3.80. The van der Waals surface area contributed by atoms with Gasteiger partial charge in [-0.05, 0) is 51.0 Å². The maximum Gasteiger partial charge on any atom is 0.229 e. The van der Waals surface area contributed by atoms with Gasteiger partial charge in [0.1, 0.15) is 0 Å². The predicted molar refractivity (Wildman–Crippen MR) is 89.6 cm³/mol. The highest BCUT2D eigenvalue weighted by Gasteiger charge is 2.32. The van der Waals surface area contributed by atoms with E-state index < -0.39 is 0 Å². The highest BCUT2D eigenvalue weighted by molar-refractivity contribution is 5.73. The van der Waals surface area contributed by atoms with Gasteiger partial charge in [-0.25, -0.2) is 0 Å². The molecule has 1 aromatic rings. The van der Waals surface area contributed by atoms with Crippen LogP contribution in [-0.2, 0) is 11.2 Å². The summed E-state index contributed by atoms with van der Waals surface area (Å²) in [5.41, 5.74) is 0. The van der Waals surface area contributed by atoms with Crippen molar-refractivity contribution in [3.63, 3.8) is 0 Å². The molecule has 2 aliphatic carbocycles. The summed E-state index contributed by atoms with van der Waals surface area (Å²) in [4.78, 5) is 21.2. The third-order valence-corrected chi connectivity index (χ3v) is 5.53. The van der Waals surface area contributed by atoms with Gasteiger partial charge in [0.2, 0.25) is 11.8 Å². The molecule has 0 radical (unpaired) electrons. The Hall–Kier alpha value is -1.43. The summed E-state index contributed by atoms with van der Waals surface area (Å²) in [6, 6.07) is 0.338. The van der Waals surface area contributed by atoms with Crippen molar-refractivity contribution >= 4 is 5.91 Å². The van der Waals surface area contributed by atoms with E-state index >= 15 is 0 Å². The largest absolute Gasteiger partial charge is 0.339 e. The molecule has 6 heteroatoms. The molecular weight excluding hydrogens is 304 g/mol. The Balaban J connectivity index is 1.33. The standard InChI is InChI=1S/C18H28N4O2/c1-13(23)22(10-8-17-19-18(24-20-17)15-6-7-15)16-3-2-9-21(12-16)11-14-4-5-14/h14-16H,2-12H2,1H3. The first kappa shape index (κ1) is 16.1. The van der Waals surface area contributed by atoms with Crippen LogP contribution in [-0.4, -0.2) is 58.1 Å². The van der Waals surface area contributed by atoms with E-state index in [9.17, 15) is 4.79 Å². The van der Waals surface area contributed by atoms with Crippen molar-refractivity contribution < 1.29 is 9.32 Å². The van der Waals surface area contributed by atoms with Gasteiger partial charge in [0.15, 0.2) is 5.82 Å². The SMILES string of the molecule is CC(=O)N(CCc1noc(C2CC2)n1)C1CCCN(CC2CC2)C1. The molecule has 1 unspecified atom stereocenters. The first-order valence-electron chi connectivity index (χ1n) is 9.51. The second-order valence-electron chi connectivity index (χ2n) is 7.78. The number of nitrogens with zero attached hydrogens (tertiary/aromatic N) is 4. The molecule has 24 heavy (non-hydrogen) atoms. The molecule has 4 rings (SSSR count). The Kier molecular flexibility index (Phi) is 4.57. The molecule has 1 atom stereocenters. The summed E-state index contributed by atoms with van der Waals surface area (Å²) in [5, 5.41) is 4.08. The predicted octanol–water partition coefficient (Wildman–Crippen LogP) is 2.21. The van der Waals surface area contributed by atoms with Gasteiger partial charge < -0.3 is 14.3 Å². The number of carbonyl (C=O) groups excluding carboxylic acids is 1. The monoisotopic (exact) mass is 332 g/mol. The highest BCUT2D eigenvalue weighted by Crippen LogP contribution is 2.38. The highest BCUT2D eigenvalue weighted by atomic mass is 16.5. The molecule has 6 nitrogen and oxygen atoms in total. The lowest BCUT2D eigenvalue weighted by atomic mass is 10.0. The van der Waals surface area contributed by atoms with Gasteiger partial charge in [-0.15, -0.1) is 0 Å². The average Bonchev–Trinajstić information content (AvgIpc) is 3.49. The number of hydrogen-bond acceptors (Lipinski definition) is 5. The summed E-state index contributed by atoms with van der Waals surface area (Å²) in [7, 11) is 0. The summed E-state index contributed by atoms with van der Waals surface area (Å²) in [6.07, 6.45) is 8.10. The molecule has 0 N–H and O–H groups in total. The number of likely N-dealkylation sites (tertiary alicyclic amines) is 1. The van der Waals surface area contributed by atoms with E-state index in [2.05, 4.69) is 15.0 Å². The van der Waals surface area contributed by atoms with Gasteiger partial charge in [-0.3, -0.25) is 4.79 Å². The summed E-state index contributed by atoms with van der Waals surface area (Å²) < 4.78 is 5.32. The van der Waals surface area contributed by atoms with Crippen molar-refractivity contribution in [2.24, 2.45) is 5.92 Å². The lowest BCUT2D eigenvalue weighted by Gasteiger charge is -2.39. The van der Waals surface area contributed by atoms with Crippen LogP contribution in [0.3, 0.4) is 0 Å². The van der Waals surface area contributed by atoms with Crippen molar-refractivity contribution in [2.75, 3.05) is 26.2 Å². The lowest BCUT2D eigenvalue weighted by Crippen LogP contribution is -2.50. The minimum absolute atomic E-state index is 0.166. The fourth-order valence-electron chi connectivity index (χ4n) is 3.80. The van der Waals surface area contributed by atoms with Crippen molar-refractivity contribution in [1.29, 1.82) is 0 Å². The molecule has 0 aromatic carbocycles. The van der Waals surface area contributed by atoms with E-state index in [0.717, 1.165) is 30.6 Å². The van der Waals surface area contributed by atoms with Crippen LogP contribution in [0.4, 0.5) is 0 Å². The summed E-state index contributed by atoms with van der Waals surface area (Å²) >= 11 is 0. The summed E-state index contributed by atoms with van der Waals surface area (Å²) in [5.74, 6) is 3.10. The molecule has 3 fully saturated rings. The molecule has 2 saturated carbocycles. The molecule has 0 spiro atoms. The van der Waals surface area contributed by atoms with E-state index in [1.807, 2.05) is 4.90 Å². The molecule has 1 saturated heterocycles. The maximum absolute atomic E-state index is 12.2. The smallest absolute Gasteiger partial charge is 0.229 e. The van der Waals surface area contributed by atoms with Crippen LogP contribution < -0.4 is 0 Å². The molecule has 1 aliphatic heterocycles. The quantitative estimate of drug-likeness (QED) is 0.766. The molecular formula is C18H28N4O2. The number of piperidine rings is 1. The Morgan fingerprint density at radius 2 is 2.12 bits per heavy atom. The van der Waals surface area contributed by atoms with E-state index in [1.165, 1.54) is 45.2 Å². The zero-order chi connectivity index (χ0) is 16.5. The van der Waals surface area contributed by atoms with Crippen molar-refractivity contribution in [3.05, 3.63) is 11.7 Å². The Bertz CT molecular complexity index is 579. The number of rotatable bonds is 7. The molecule has 3 aliphatic rings. The third kappa shape index (κ3) is 3.97. The molecule has 0 bridgehead atoms. The summed E-state index contributed by atoms with van der Waals surface area (Å²) in [6.45, 7) is 5.81. The fraction of sp³-hybridized carbons (Fsp3) is 0.833. The zero-order valence-corrected chi connectivity index (χ0v) is 14.6. The Morgan fingerprint density at radius 1 is 1.29 bits per heavy atom. The van der Waals surface area contributed by atoms with Crippen LogP contribution >= 0.6 is 0 Å². The first-order valence-corrected chi connectivity index (χ1v) is 9.51. The molecule has 132 valence electrons. The van der Waals surface area contributed by atoms with E-state index in [1.54, 1.807) is 6.92 Å². The number of amides is 1. The van der Waals surface area contributed by atoms with Crippen LogP contribution in [0.25, 0.3) is 0 Å². The second kappa shape index (κ2) is 6.82. The van der Waals surface area contributed by atoms with Gasteiger partial charge in [-0.2, -0.15) is 4.98 Å². The first-order chi connectivity index (χ1) is 11.7. The maximum atomic E-state index is 12.2. The topological polar surface area (TPSA) is 62.5 Å². The third-order valence-electron chi connectivity index (χ3n) is 5.53. The number of hydrogen-bond donors (Lipinski definition) is 0. The van der Waals surface area contributed by atoms with Crippen molar-refractivity contribution in [2.45, 2.75) is 63.8 Å². The van der Waals surface area contributed by atoms with Crippen LogP contribution in [0, 0.1) is 5.92 Å². The van der Waals surface area contributed by atoms with Gasteiger partial charge >= 0.3 is 0 Å². The Labute approximate surface area is 143 Å². The van der Waals surface area contributed by atoms with Crippen LogP contribution in [0.5, 0.6) is 0 Å². The van der Waals surface area contributed by atoms with E-state index in [-0.39, 0.29) is 5.91 Å². The lowest BCUT2D eigenvalue weighted by molar-refractivity contribution is -0.132. The van der Waals surface area contributed by atoms with E-state index in [0.29, 0.717) is 24.9 Å². The number of aromatic nitrogens is 2. The minimum atomic E-state index is 0.166. The minimum Gasteiger partial charge on any atom is -0.339 e. The molecule has 1 aromatic heterocycles.